The lowest BCUT2D eigenvalue weighted by molar-refractivity contribution is -0.131. The van der Waals surface area contributed by atoms with Crippen LogP contribution in [-0.4, -0.2) is 26.7 Å². The summed E-state index contributed by atoms with van der Waals surface area (Å²) in [6.07, 6.45) is 3.33. The molecule has 6 heteroatoms. The van der Waals surface area contributed by atoms with E-state index in [4.69, 9.17) is 4.74 Å². The summed E-state index contributed by atoms with van der Waals surface area (Å²) in [4.78, 5) is 37.6. The minimum Gasteiger partial charge on any atom is -0.427 e. The van der Waals surface area contributed by atoms with Crippen LogP contribution in [0.1, 0.15) is 23.0 Å². The topological polar surface area (TPSA) is 82.0 Å². The Hall–Kier alpha value is -3.67. The van der Waals surface area contributed by atoms with Crippen molar-refractivity contribution in [2.75, 3.05) is 0 Å². The molecule has 0 saturated heterocycles. The van der Waals surface area contributed by atoms with Crippen LogP contribution in [0.5, 0.6) is 5.75 Å². The van der Waals surface area contributed by atoms with Crippen LogP contribution in [0, 0.1) is 0 Å². The molecule has 0 saturated carbocycles. The fourth-order valence-electron chi connectivity index (χ4n) is 3.41. The van der Waals surface area contributed by atoms with E-state index in [0.29, 0.717) is 39.3 Å². The van der Waals surface area contributed by atoms with Gasteiger partial charge in [-0.25, -0.2) is 4.98 Å². The van der Waals surface area contributed by atoms with Crippen molar-refractivity contribution in [3.63, 3.8) is 0 Å². The zero-order valence-electron chi connectivity index (χ0n) is 13.7. The molecule has 0 bridgehead atoms. The van der Waals surface area contributed by atoms with Gasteiger partial charge < -0.3 is 4.74 Å². The first-order valence-corrected chi connectivity index (χ1v) is 8.04. The number of hydrogen-bond acceptors (Lipinski definition) is 6. The van der Waals surface area contributed by atoms with E-state index in [1.54, 1.807) is 42.7 Å². The summed E-state index contributed by atoms with van der Waals surface area (Å²) in [6, 6.07) is 10.5. The normalized spacial score (nSPS) is 12.3. The van der Waals surface area contributed by atoms with Gasteiger partial charge in [0, 0.05) is 30.1 Å². The number of fused-ring (bicyclic) bond motifs is 4. The number of ether oxygens (including phenoxy) is 1. The number of aromatic nitrogens is 3. The molecule has 0 amide bonds. The molecular formula is C20H11N3O3. The molecule has 0 unspecified atom stereocenters. The van der Waals surface area contributed by atoms with E-state index in [2.05, 4.69) is 15.0 Å². The van der Waals surface area contributed by atoms with Crippen LogP contribution < -0.4 is 4.74 Å². The number of rotatable bonds is 1. The van der Waals surface area contributed by atoms with E-state index in [-0.39, 0.29) is 5.78 Å². The molecular weight excluding hydrogens is 330 g/mol. The number of carbonyl (C=O) groups is 2. The van der Waals surface area contributed by atoms with Gasteiger partial charge in [-0.15, -0.1) is 0 Å². The smallest absolute Gasteiger partial charge is 0.308 e. The molecule has 4 aromatic rings. The van der Waals surface area contributed by atoms with Gasteiger partial charge in [0.1, 0.15) is 17.1 Å². The van der Waals surface area contributed by atoms with Gasteiger partial charge in [0.05, 0.1) is 16.8 Å². The summed E-state index contributed by atoms with van der Waals surface area (Å²) in [7, 11) is 0. The molecule has 0 aliphatic heterocycles. The van der Waals surface area contributed by atoms with E-state index in [0.717, 1.165) is 10.8 Å². The number of ketones is 1. The predicted molar refractivity (Wildman–Crippen MR) is 95.0 cm³/mol. The summed E-state index contributed by atoms with van der Waals surface area (Å²) in [5, 5.41) is 2.29. The number of pyridine rings is 3. The summed E-state index contributed by atoms with van der Waals surface area (Å²) >= 11 is 0. The van der Waals surface area contributed by atoms with Gasteiger partial charge in [0.15, 0.2) is 0 Å². The van der Waals surface area contributed by atoms with Gasteiger partial charge in [0.2, 0.25) is 5.78 Å². The first-order chi connectivity index (χ1) is 12.6. The Kier molecular flexibility index (Phi) is 2.91. The Balaban J connectivity index is 1.92. The second kappa shape index (κ2) is 5.16. The molecule has 0 atom stereocenters. The number of benzene rings is 1. The zero-order valence-corrected chi connectivity index (χ0v) is 13.7. The lowest BCUT2D eigenvalue weighted by Crippen LogP contribution is -2.14. The molecule has 3 aromatic heterocycles. The first-order valence-electron chi connectivity index (χ1n) is 8.04. The maximum Gasteiger partial charge on any atom is 0.308 e. The van der Waals surface area contributed by atoms with E-state index in [1.165, 1.54) is 6.92 Å². The lowest BCUT2D eigenvalue weighted by atomic mass is 9.90. The van der Waals surface area contributed by atoms with Gasteiger partial charge in [-0.05, 0) is 41.8 Å². The number of esters is 1. The molecule has 5 rings (SSSR count). The van der Waals surface area contributed by atoms with E-state index < -0.39 is 5.97 Å². The summed E-state index contributed by atoms with van der Waals surface area (Å²) in [5.74, 6) is -0.124. The molecule has 3 heterocycles. The quantitative estimate of drug-likeness (QED) is 0.264. The van der Waals surface area contributed by atoms with Crippen molar-refractivity contribution in [1.29, 1.82) is 0 Å². The summed E-state index contributed by atoms with van der Waals surface area (Å²) in [5.41, 5.74) is 2.73. The fourth-order valence-corrected chi connectivity index (χ4v) is 3.41. The van der Waals surface area contributed by atoms with Crippen molar-refractivity contribution in [2.24, 2.45) is 0 Å². The zero-order chi connectivity index (χ0) is 17.8. The lowest BCUT2D eigenvalue weighted by Gasteiger charge is -2.18. The third kappa shape index (κ3) is 1.96. The third-order valence-corrected chi connectivity index (χ3v) is 4.43. The Labute approximate surface area is 147 Å². The first kappa shape index (κ1) is 14.7. The second-order valence-corrected chi connectivity index (χ2v) is 6.04. The SMILES string of the molecule is CC(=O)Oc1ccc2nc3c4c(nccc4c2c1)-c1ncccc1C3=O. The van der Waals surface area contributed by atoms with Crippen LogP contribution in [0.3, 0.4) is 0 Å². The highest BCUT2D eigenvalue weighted by Crippen LogP contribution is 2.39. The summed E-state index contributed by atoms with van der Waals surface area (Å²) < 4.78 is 5.19. The van der Waals surface area contributed by atoms with E-state index >= 15 is 0 Å². The average Bonchev–Trinajstić information content (AvgIpc) is 2.65. The molecule has 0 spiro atoms. The number of hydrogen-bond donors (Lipinski definition) is 0. The minimum absolute atomic E-state index is 0.162. The van der Waals surface area contributed by atoms with Crippen molar-refractivity contribution in [3.05, 3.63) is 60.0 Å². The number of carbonyl (C=O) groups excluding carboxylic acids is 2. The Bertz CT molecular complexity index is 1260. The molecule has 1 aliphatic rings. The van der Waals surface area contributed by atoms with Crippen LogP contribution in [0.25, 0.3) is 33.1 Å². The maximum atomic E-state index is 13.0. The number of nitrogens with zero attached hydrogens (tertiary/aromatic N) is 3. The van der Waals surface area contributed by atoms with Gasteiger partial charge in [-0.1, -0.05) is 0 Å². The molecule has 0 N–H and O–H groups in total. The molecule has 1 aromatic carbocycles. The van der Waals surface area contributed by atoms with Crippen LogP contribution >= 0.6 is 0 Å². The van der Waals surface area contributed by atoms with Crippen molar-refractivity contribution >= 4 is 33.4 Å². The molecule has 124 valence electrons. The fraction of sp³-hybridized carbons (Fsp3) is 0.0500. The molecule has 0 radical (unpaired) electrons. The Morgan fingerprint density at radius 2 is 1.81 bits per heavy atom. The van der Waals surface area contributed by atoms with Crippen molar-refractivity contribution < 1.29 is 14.3 Å². The van der Waals surface area contributed by atoms with Crippen LogP contribution in [-0.2, 0) is 4.79 Å². The Morgan fingerprint density at radius 1 is 0.962 bits per heavy atom. The minimum atomic E-state index is -0.394. The van der Waals surface area contributed by atoms with Crippen LogP contribution in [0.2, 0.25) is 0 Å². The standard InChI is InChI=1S/C20H11N3O3/c1-10(24)26-11-4-5-15-14(9-11)12-6-8-22-18-16(12)19(23-15)20(25)13-3-2-7-21-17(13)18/h2-9H,1H3. The van der Waals surface area contributed by atoms with Crippen LogP contribution in [0.4, 0.5) is 0 Å². The molecule has 26 heavy (non-hydrogen) atoms. The largest absolute Gasteiger partial charge is 0.427 e. The van der Waals surface area contributed by atoms with Crippen LogP contribution in [0.15, 0.2) is 48.8 Å². The van der Waals surface area contributed by atoms with E-state index in [1.807, 2.05) is 6.07 Å². The predicted octanol–water partition coefficient (Wildman–Crippen LogP) is 3.31. The maximum absolute atomic E-state index is 13.0. The van der Waals surface area contributed by atoms with Gasteiger partial charge in [-0.3, -0.25) is 19.6 Å². The highest BCUT2D eigenvalue weighted by Gasteiger charge is 2.29. The summed E-state index contributed by atoms with van der Waals surface area (Å²) in [6.45, 7) is 1.35. The Morgan fingerprint density at radius 3 is 2.65 bits per heavy atom. The average molecular weight is 341 g/mol. The monoisotopic (exact) mass is 341 g/mol. The highest BCUT2D eigenvalue weighted by molar-refractivity contribution is 6.27. The van der Waals surface area contributed by atoms with Crippen molar-refractivity contribution in [3.8, 4) is 17.1 Å². The van der Waals surface area contributed by atoms with Gasteiger partial charge in [0.25, 0.3) is 0 Å². The third-order valence-electron chi connectivity index (χ3n) is 4.43. The van der Waals surface area contributed by atoms with Crippen molar-refractivity contribution in [1.82, 2.24) is 15.0 Å². The highest BCUT2D eigenvalue weighted by atomic mass is 16.5. The van der Waals surface area contributed by atoms with Gasteiger partial charge in [-0.2, -0.15) is 0 Å². The van der Waals surface area contributed by atoms with Crippen molar-refractivity contribution in [2.45, 2.75) is 6.92 Å². The molecule has 6 nitrogen and oxygen atoms in total. The molecule has 0 fully saturated rings. The second-order valence-electron chi connectivity index (χ2n) is 6.04. The van der Waals surface area contributed by atoms with Gasteiger partial charge >= 0.3 is 5.97 Å². The van der Waals surface area contributed by atoms with E-state index in [9.17, 15) is 9.59 Å². The molecule has 1 aliphatic carbocycles.